The summed E-state index contributed by atoms with van der Waals surface area (Å²) >= 11 is 0. The van der Waals surface area contributed by atoms with Crippen LogP contribution < -0.4 is 5.32 Å². The van der Waals surface area contributed by atoms with Crippen molar-refractivity contribution in [2.75, 3.05) is 33.2 Å². The van der Waals surface area contributed by atoms with E-state index in [4.69, 9.17) is 5.11 Å². The number of aliphatic hydroxyl groups excluding tert-OH is 1. The fraction of sp³-hybridized carbons (Fsp3) is 0.818. The minimum Gasteiger partial charge on any atom is -0.390 e. The highest BCUT2D eigenvalue weighted by molar-refractivity contribution is 5.85. The SMILES string of the molecule is CN(CC(=O)NC1CC1)C(=O)CN1CC(O)C1. The van der Waals surface area contributed by atoms with Gasteiger partial charge in [-0.1, -0.05) is 0 Å². The minimum absolute atomic E-state index is 0.0807. The zero-order chi connectivity index (χ0) is 12.4. The Kier molecular flexibility index (Phi) is 3.63. The fourth-order valence-corrected chi connectivity index (χ4v) is 1.79. The Bertz CT molecular complexity index is 311. The topological polar surface area (TPSA) is 72.9 Å². The molecule has 96 valence electrons. The van der Waals surface area contributed by atoms with Crippen LogP contribution in [0.3, 0.4) is 0 Å². The molecule has 2 N–H and O–H groups in total. The van der Waals surface area contributed by atoms with Crippen LogP contribution in [0.15, 0.2) is 0 Å². The summed E-state index contributed by atoms with van der Waals surface area (Å²) in [5.74, 6) is -0.171. The molecule has 17 heavy (non-hydrogen) atoms. The number of hydrogen-bond acceptors (Lipinski definition) is 4. The van der Waals surface area contributed by atoms with Gasteiger partial charge in [-0.05, 0) is 12.8 Å². The monoisotopic (exact) mass is 241 g/mol. The van der Waals surface area contributed by atoms with Crippen LogP contribution in [0.25, 0.3) is 0 Å². The summed E-state index contributed by atoms with van der Waals surface area (Å²) in [5, 5.41) is 11.9. The summed E-state index contributed by atoms with van der Waals surface area (Å²) in [5.41, 5.74) is 0. The molecule has 0 aromatic carbocycles. The molecule has 2 rings (SSSR count). The smallest absolute Gasteiger partial charge is 0.239 e. The van der Waals surface area contributed by atoms with E-state index in [-0.39, 0.29) is 31.0 Å². The summed E-state index contributed by atoms with van der Waals surface area (Å²) in [6.07, 6.45) is 1.80. The highest BCUT2D eigenvalue weighted by atomic mass is 16.3. The third-order valence-electron chi connectivity index (χ3n) is 3.05. The van der Waals surface area contributed by atoms with Crippen LogP contribution in [-0.2, 0) is 9.59 Å². The first-order chi connectivity index (χ1) is 8.04. The molecular weight excluding hydrogens is 222 g/mol. The quantitative estimate of drug-likeness (QED) is 0.608. The van der Waals surface area contributed by atoms with Crippen molar-refractivity contribution in [1.82, 2.24) is 15.1 Å². The van der Waals surface area contributed by atoms with Gasteiger partial charge in [-0.25, -0.2) is 0 Å². The first kappa shape index (κ1) is 12.3. The average Bonchev–Trinajstić information content (AvgIpc) is 2.98. The van der Waals surface area contributed by atoms with Gasteiger partial charge < -0.3 is 15.3 Å². The maximum atomic E-state index is 11.7. The van der Waals surface area contributed by atoms with Gasteiger partial charge in [-0.3, -0.25) is 14.5 Å². The van der Waals surface area contributed by atoms with E-state index in [1.165, 1.54) is 4.90 Å². The third-order valence-corrected chi connectivity index (χ3v) is 3.05. The van der Waals surface area contributed by atoms with Crippen molar-refractivity contribution in [3.8, 4) is 0 Å². The number of rotatable bonds is 5. The molecule has 0 bridgehead atoms. The highest BCUT2D eigenvalue weighted by Crippen LogP contribution is 2.18. The number of amides is 2. The molecule has 0 unspecified atom stereocenters. The first-order valence-corrected chi connectivity index (χ1v) is 5.98. The number of hydrogen-bond donors (Lipinski definition) is 2. The number of nitrogens with zero attached hydrogens (tertiary/aromatic N) is 2. The Morgan fingerprint density at radius 2 is 2.06 bits per heavy atom. The van der Waals surface area contributed by atoms with Crippen molar-refractivity contribution in [2.45, 2.75) is 25.0 Å². The van der Waals surface area contributed by atoms with E-state index in [1.807, 2.05) is 4.90 Å². The van der Waals surface area contributed by atoms with Crippen LogP contribution in [-0.4, -0.2) is 72.1 Å². The average molecular weight is 241 g/mol. The predicted molar refractivity (Wildman–Crippen MR) is 61.2 cm³/mol. The van der Waals surface area contributed by atoms with Crippen molar-refractivity contribution in [3.05, 3.63) is 0 Å². The molecule has 0 radical (unpaired) electrons. The van der Waals surface area contributed by atoms with Crippen LogP contribution >= 0.6 is 0 Å². The van der Waals surface area contributed by atoms with Crippen molar-refractivity contribution < 1.29 is 14.7 Å². The van der Waals surface area contributed by atoms with E-state index in [1.54, 1.807) is 7.05 Å². The van der Waals surface area contributed by atoms with Crippen LogP contribution in [0.2, 0.25) is 0 Å². The number of aliphatic hydroxyl groups is 1. The lowest BCUT2D eigenvalue weighted by molar-refractivity contribution is -0.137. The summed E-state index contributed by atoms with van der Waals surface area (Å²) in [7, 11) is 1.63. The van der Waals surface area contributed by atoms with Crippen molar-refractivity contribution >= 4 is 11.8 Å². The van der Waals surface area contributed by atoms with Gasteiger partial charge in [0.1, 0.15) is 0 Å². The van der Waals surface area contributed by atoms with E-state index in [2.05, 4.69) is 5.32 Å². The molecule has 6 nitrogen and oxygen atoms in total. The second-order valence-corrected chi connectivity index (χ2v) is 4.94. The molecule has 6 heteroatoms. The molecule has 2 aliphatic rings. The maximum Gasteiger partial charge on any atom is 0.239 e. The largest absolute Gasteiger partial charge is 0.390 e. The van der Waals surface area contributed by atoms with Gasteiger partial charge in [0.15, 0.2) is 0 Å². The van der Waals surface area contributed by atoms with Crippen LogP contribution in [0, 0.1) is 0 Å². The highest BCUT2D eigenvalue weighted by Gasteiger charge is 2.28. The van der Waals surface area contributed by atoms with Crippen molar-refractivity contribution in [3.63, 3.8) is 0 Å². The fourth-order valence-electron chi connectivity index (χ4n) is 1.79. The molecule has 1 aliphatic heterocycles. The summed E-state index contributed by atoms with van der Waals surface area (Å²) in [4.78, 5) is 26.5. The Balaban J connectivity index is 1.65. The zero-order valence-corrected chi connectivity index (χ0v) is 10.1. The minimum atomic E-state index is -0.300. The lowest BCUT2D eigenvalue weighted by atomic mass is 10.2. The molecular formula is C11H19N3O3. The Morgan fingerprint density at radius 3 is 2.59 bits per heavy atom. The maximum absolute atomic E-state index is 11.7. The molecule has 0 spiro atoms. The van der Waals surface area contributed by atoms with Crippen LogP contribution in [0.1, 0.15) is 12.8 Å². The van der Waals surface area contributed by atoms with Gasteiger partial charge >= 0.3 is 0 Å². The van der Waals surface area contributed by atoms with Gasteiger partial charge in [0.2, 0.25) is 11.8 Å². The van der Waals surface area contributed by atoms with Gasteiger partial charge in [-0.2, -0.15) is 0 Å². The van der Waals surface area contributed by atoms with E-state index in [0.717, 1.165) is 12.8 Å². The number of likely N-dealkylation sites (tertiary alicyclic amines) is 1. The third kappa shape index (κ3) is 3.67. The van der Waals surface area contributed by atoms with E-state index >= 15 is 0 Å². The Hall–Kier alpha value is -1.14. The number of likely N-dealkylation sites (N-methyl/N-ethyl adjacent to an activating group) is 1. The van der Waals surface area contributed by atoms with E-state index < -0.39 is 0 Å². The molecule has 0 aromatic rings. The number of carbonyl (C=O) groups is 2. The first-order valence-electron chi connectivity index (χ1n) is 5.98. The lowest BCUT2D eigenvalue weighted by Crippen LogP contribution is -2.54. The van der Waals surface area contributed by atoms with Gasteiger partial charge in [-0.15, -0.1) is 0 Å². The van der Waals surface area contributed by atoms with Crippen molar-refractivity contribution in [1.29, 1.82) is 0 Å². The predicted octanol–water partition coefficient (Wildman–Crippen LogP) is -1.60. The standard InChI is InChI=1S/C11H19N3O3/c1-13(6-10(16)12-8-2-3-8)11(17)7-14-4-9(15)5-14/h8-9,15H,2-7H2,1H3,(H,12,16). The number of carbonyl (C=O) groups excluding carboxylic acids is 2. The summed E-state index contributed by atoms with van der Waals surface area (Å²) < 4.78 is 0. The molecule has 1 saturated carbocycles. The van der Waals surface area contributed by atoms with Crippen LogP contribution in [0.5, 0.6) is 0 Å². The Labute approximate surface area is 101 Å². The number of β-amino-alcohol motifs (C(OH)–C–C–N with tert-alkyl or cyclic N) is 1. The van der Waals surface area contributed by atoms with Crippen molar-refractivity contribution in [2.24, 2.45) is 0 Å². The number of nitrogens with one attached hydrogen (secondary N) is 1. The van der Waals surface area contributed by atoms with Gasteiger partial charge in [0, 0.05) is 26.2 Å². The summed E-state index contributed by atoms with van der Waals surface area (Å²) in [6.45, 7) is 1.50. The zero-order valence-electron chi connectivity index (χ0n) is 10.1. The summed E-state index contributed by atoms with van der Waals surface area (Å²) in [6, 6.07) is 0.330. The molecule has 0 aromatic heterocycles. The molecule has 2 fully saturated rings. The van der Waals surface area contributed by atoms with Gasteiger partial charge in [0.05, 0.1) is 19.2 Å². The second-order valence-electron chi connectivity index (χ2n) is 4.94. The van der Waals surface area contributed by atoms with Crippen LogP contribution in [0.4, 0.5) is 0 Å². The Morgan fingerprint density at radius 1 is 1.41 bits per heavy atom. The van der Waals surface area contributed by atoms with Gasteiger partial charge in [0.25, 0.3) is 0 Å². The second kappa shape index (κ2) is 5.01. The molecule has 1 aliphatic carbocycles. The lowest BCUT2D eigenvalue weighted by Gasteiger charge is -2.36. The molecule has 1 heterocycles. The van der Waals surface area contributed by atoms with E-state index in [9.17, 15) is 9.59 Å². The molecule has 0 atom stereocenters. The molecule has 1 saturated heterocycles. The normalized spacial score (nSPS) is 20.8. The molecule has 2 amide bonds. The van der Waals surface area contributed by atoms with E-state index in [0.29, 0.717) is 19.1 Å².